The average molecular weight is 287 g/mol. The third-order valence-corrected chi connectivity index (χ3v) is 21.4. The van der Waals surface area contributed by atoms with Crippen molar-refractivity contribution in [1.82, 2.24) is 0 Å². The first-order valence-electron chi connectivity index (χ1n) is 7.45. The summed E-state index contributed by atoms with van der Waals surface area (Å²) in [5.41, 5.74) is 2.36. The quantitative estimate of drug-likeness (QED) is 0.672. The van der Waals surface area contributed by atoms with Gasteiger partial charge in [-0.3, -0.25) is 0 Å². The molecule has 0 aliphatic carbocycles. The number of nitrogens with one attached hydrogen (secondary N) is 1. The summed E-state index contributed by atoms with van der Waals surface area (Å²) in [6, 6.07) is 8.28. The van der Waals surface area contributed by atoms with E-state index in [9.17, 15) is 4.79 Å². The van der Waals surface area contributed by atoms with E-state index in [0.717, 1.165) is 8.21 Å². The molecule has 102 valence electrons. The van der Waals surface area contributed by atoms with E-state index in [0.29, 0.717) is 2.00 Å². The molecule has 0 unspecified atom stereocenters. The Labute approximate surface area is 123 Å². The van der Waals surface area contributed by atoms with Crippen LogP contribution in [0, 0.1) is 0 Å². The number of hydrogen-bond donors (Lipinski definition) is 1. The molecule has 2 radical (unpaired) electrons. The maximum absolute atomic E-state index is 13.0. The number of rotatable bonds is 0. The monoisotopic (exact) mass is 287 g/mol. The Morgan fingerprint density at radius 1 is 1.00 bits per heavy atom. The molecule has 1 amide bonds. The molecule has 0 spiro atoms. The van der Waals surface area contributed by atoms with Crippen molar-refractivity contribution in [2.75, 3.05) is 5.32 Å². The topological polar surface area (TPSA) is 29.1 Å². The van der Waals surface area contributed by atoms with Crippen LogP contribution in [0.25, 0.3) is 0 Å². The van der Waals surface area contributed by atoms with E-state index in [1.807, 2.05) is 12.1 Å². The second-order valence-corrected chi connectivity index (χ2v) is 21.3. The number of amides is 1. The molecule has 0 aromatic heterocycles. The van der Waals surface area contributed by atoms with Crippen molar-refractivity contribution in [3.63, 3.8) is 0 Å². The van der Waals surface area contributed by atoms with Crippen molar-refractivity contribution in [2.45, 2.75) is 47.1 Å². The second-order valence-electron chi connectivity index (χ2n) is 8.86. The Kier molecular flexibility index (Phi) is 3.84. The fraction of sp³-hybridized carbons (Fsp3) is 0.562. The number of anilines is 1. The van der Waals surface area contributed by atoms with Crippen LogP contribution >= 0.6 is 0 Å². The van der Waals surface area contributed by atoms with E-state index < -0.39 is 29.9 Å². The van der Waals surface area contributed by atoms with Crippen LogP contribution in [0.4, 0.5) is 10.5 Å². The van der Waals surface area contributed by atoms with E-state index in [1.165, 1.54) is 5.56 Å². The molecule has 19 heavy (non-hydrogen) atoms. The van der Waals surface area contributed by atoms with Gasteiger partial charge in [0.25, 0.3) is 0 Å². The minimum absolute atomic E-state index is 0.124. The van der Waals surface area contributed by atoms with Gasteiger partial charge < -0.3 is 0 Å². The zero-order valence-electron chi connectivity index (χ0n) is 13.1. The van der Waals surface area contributed by atoms with Gasteiger partial charge in [0.2, 0.25) is 0 Å². The molecule has 2 rings (SSSR count). The number of hydrogen-bond acceptors (Lipinski definition) is 1. The Bertz CT molecular complexity index is 494. The average Bonchev–Trinajstić information content (AvgIpc) is 2.24. The molecule has 0 saturated carbocycles. The van der Waals surface area contributed by atoms with Crippen LogP contribution in [0.2, 0.25) is 3.02 Å². The second kappa shape index (κ2) is 4.75. The fourth-order valence-electron chi connectivity index (χ4n) is 4.98. The first-order chi connectivity index (χ1) is 8.59. The molecule has 1 aromatic carbocycles. The van der Waals surface area contributed by atoms with E-state index in [1.54, 1.807) is 0 Å². The van der Waals surface area contributed by atoms with Crippen molar-refractivity contribution in [2.24, 2.45) is 0 Å². The van der Waals surface area contributed by atoms with Crippen molar-refractivity contribution in [1.29, 1.82) is 0 Å². The summed E-state index contributed by atoms with van der Waals surface area (Å²) in [6.07, 6.45) is 0. The van der Waals surface area contributed by atoms with Gasteiger partial charge >= 0.3 is 125 Å². The number of fused-ring (bicyclic) bond motifs is 1. The fourth-order valence-corrected chi connectivity index (χ4v) is 18.4. The van der Waals surface area contributed by atoms with Crippen LogP contribution in [-0.2, 0) is 2.52 Å². The van der Waals surface area contributed by atoms with E-state index in [2.05, 4.69) is 59.0 Å². The molecule has 1 aliphatic rings. The third-order valence-electron chi connectivity index (χ3n) is 6.11. The molecule has 1 heterocycles. The number of benzene rings is 1. The molecule has 1 aliphatic heterocycles. The molecule has 0 saturated heterocycles. The van der Waals surface area contributed by atoms with Crippen LogP contribution < -0.4 is 5.32 Å². The predicted octanol–water partition coefficient (Wildman–Crippen LogP) is 4.94. The summed E-state index contributed by atoms with van der Waals surface area (Å²) >= 11 is -3.22. The Hall–Kier alpha value is -0.0503. The van der Waals surface area contributed by atoms with E-state index in [-0.39, 0.29) is 3.02 Å². The van der Waals surface area contributed by atoms with Gasteiger partial charge in [0.15, 0.2) is 0 Å². The van der Waals surface area contributed by atoms with Crippen LogP contribution in [0.1, 0.15) is 47.1 Å². The zero-order chi connectivity index (χ0) is 14.5. The maximum atomic E-state index is 13.0. The molecule has 1 N–H and O–H groups in total. The van der Waals surface area contributed by atoms with Gasteiger partial charge in [-0.15, -0.1) is 0 Å². The van der Waals surface area contributed by atoms with Gasteiger partial charge in [0.05, 0.1) is 0 Å². The summed E-state index contributed by atoms with van der Waals surface area (Å²) < 4.78 is 1.65. The van der Waals surface area contributed by atoms with Crippen LogP contribution in [0.3, 0.4) is 0 Å². The molecule has 2 nitrogen and oxygen atoms in total. The first kappa shape index (κ1) is 15.3. The molecular formula is C16H25CaNO. The number of para-hydroxylation sites is 1. The molecular weight excluding hydrogens is 262 g/mol. The molecule has 1 aromatic rings. The Balaban J connectivity index is 2.62. The molecule has 3 heteroatoms. The van der Waals surface area contributed by atoms with Gasteiger partial charge in [-0.1, -0.05) is 0 Å². The van der Waals surface area contributed by atoms with Gasteiger partial charge in [0, 0.05) is 0 Å². The summed E-state index contributed by atoms with van der Waals surface area (Å²) in [7, 11) is 0. The first-order valence-corrected chi connectivity index (χ1v) is 12.3. The van der Waals surface area contributed by atoms with Crippen molar-refractivity contribution in [3.8, 4) is 0 Å². The van der Waals surface area contributed by atoms with Crippen LogP contribution in [0.5, 0.6) is 0 Å². The number of carbonyl (C=O) groups is 1. The summed E-state index contributed by atoms with van der Waals surface area (Å²) in [5, 5.41) is 3.22. The molecule has 0 fully saturated rings. The van der Waals surface area contributed by atoms with Gasteiger partial charge in [-0.2, -0.15) is 0 Å². The zero-order valence-corrected chi connectivity index (χ0v) is 15.3. The molecule has 0 atom stereocenters. The normalized spacial score (nSPS) is 18.7. The van der Waals surface area contributed by atoms with Gasteiger partial charge in [-0.05, 0) is 0 Å². The summed E-state index contributed by atoms with van der Waals surface area (Å²) in [4.78, 5) is 13.0. The van der Waals surface area contributed by atoms with Crippen molar-refractivity contribution in [3.05, 3.63) is 29.8 Å². The van der Waals surface area contributed by atoms with Gasteiger partial charge in [0.1, 0.15) is 0 Å². The number of carbonyl (C=O) groups excluding carboxylic acids is 1. The summed E-state index contributed by atoms with van der Waals surface area (Å²) in [5.74, 6) is 0. The summed E-state index contributed by atoms with van der Waals surface area (Å²) in [6.45, 7) is 13.6. The van der Waals surface area contributed by atoms with Crippen molar-refractivity contribution >= 4 is 37.6 Å². The predicted molar refractivity (Wildman–Crippen MR) is 84.3 cm³/mol. The SMILES string of the molecule is C[C](C)(C)[Ca]1([C](C)(C)C)[CH2]c2ccccc2N[C]1=O. The van der Waals surface area contributed by atoms with E-state index >= 15 is 0 Å². The van der Waals surface area contributed by atoms with Gasteiger partial charge in [-0.25, -0.2) is 0 Å². The van der Waals surface area contributed by atoms with Crippen LogP contribution in [-0.4, -0.2) is 31.9 Å². The van der Waals surface area contributed by atoms with Crippen molar-refractivity contribution < 1.29 is 4.79 Å². The van der Waals surface area contributed by atoms with E-state index in [4.69, 9.17) is 0 Å². The third kappa shape index (κ3) is 2.36. The Morgan fingerprint density at radius 3 is 2.05 bits per heavy atom. The molecule has 0 bridgehead atoms. The standard InChI is InChI=1S/C8H7NO.2C4H9.Ca/c1-7-4-2-3-5-8(7)9-6-10;2*1-4(2)3;/h2-5H,1H2,(H,9,10);2*1-3H3;. The van der Waals surface area contributed by atoms with Crippen LogP contribution in [0.15, 0.2) is 24.3 Å². The Morgan fingerprint density at radius 2 is 1.53 bits per heavy atom. The minimum atomic E-state index is -3.22.